The number of aryl methyl sites for hydroxylation is 1. The highest BCUT2D eigenvalue weighted by Gasteiger charge is 2.17. The molecule has 0 aliphatic heterocycles. The zero-order chi connectivity index (χ0) is 10.7. The molecule has 2 heteroatoms. The maximum Gasteiger partial charge on any atom is 0.0636 e. The van der Waals surface area contributed by atoms with Crippen LogP contribution in [0.3, 0.4) is 0 Å². The van der Waals surface area contributed by atoms with Gasteiger partial charge >= 0.3 is 0 Å². The van der Waals surface area contributed by atoms with Crippen molar-refractivity contribution in [3.63, 3.8) is 0 Å². The van der Waals surface area contributed by atoms with Crippen LogP contribution in [-0.2, 0) is 12.8 Å². The molecule has 1 aliphatic rings. The second-order valence-electron chi connectivity index (χ2n) is 4.47. The first-order valence-corrected chi connectivity index (χ1v) is 5.74. The summed E-state index contributed by atoms with van der Waals surface area (Å²) < 4.78 is 0. The van der Waals surface area contributed by atoms with Gasteiger partial charge in [0.2, 0.25) is 0 Å². The molecule has 0 saturated heterocycles. The Bertz CT molecular complexity index is 322. The summed E-state index contributed by atoms with van der Waals surface area (Å²) in [7, 11) is 0. The minimum absolute atomic E-state index is 0.248. The summed E-state index contributed by atoms with van der Waals surface area (Å²) in [6, 6.07) is 9.19. The molecule has 2 N–H and O–H groups in total. The van der Waals surface area contributed by atoms with E-state index < -0.39 is 0 Å². The van der Waals surface area contributed by atoms with Crippen molar-refractivity contribution in [2.75, 3.05) is 6.54 Å². The number of aliphatic hydroxyl groups is 1. The van der Waals surface area contributed by atoms with Crippen LogP contribution in [0.1, 0.15) is 24.5 Å². The van der Waals surface area contributed by atoms with Crippen LogP contribution in [0.25, 0.3) is 0 Å². The van der Waals surface area contributed by atoms with E-state index >= 15 is 0 Å². The van der Waals surface area contributed by atoms with E-state index in [0.717, 1.165) is 12.8 Å². The van der Waals surface area contributed by atoms with Gasteiger partial charge in [0, 0.05) is 12.6 Å². The first-order valence-electron chi connectivity index (χ1n) is 5.74. The Morgan fingerprint density at radius 1 is 1.40 bits per heavy atom. The molecule has 2 atom stereocenters. The highest BCUT2D eigenvalue weighted by Crippen LogP contribution is 2.20. The summed E-state index contributed by atoms with van der Waals surface area (Å²) in [5.74, 6) is 0. The van der Waals surface area contributed by atoms with E-state index in [0.29, 0.717) is 12.6 Å². The van der Waals surface area contributed by atoms with Crippen molar-refractivity contribution >= 4 is 0 Å². The number of hydrogen-bond acceptors (Lipinski definition) is 2. The number of aliphatic hydroxyl groups excluding tert-OH is 1. The number of fused-ring (bicyclic) bond motifs is 1. The van der Waals surface area contributed by atoms with Crippen molar-refractivity contribution < 1.29 is 5.11 Å². The minimum Gasteiger partial charge on any atom is -0.392 e. The van der Waals surface area contributed by atoms with E-state index in [-0.39, 0.29) is 6.10 Å². The van der Waals surface area contributed by atoms with Crippen molar-refractivity contribution in [3.05, 3.63) is 35.4 Å². The smallest absolute Gasteiger partial charge is 0.0636 e. The Kier molecular flexibility index (Phi) is 3.39. The van der Waals surface area contributed by atoms with E-state index in [1.807, 2.05) is 6.92 Å². The second-order valence-corrected chi connectivity index (χ2v) is 4.47. The summed E-state index contributed by atoms with van der Waals surface area (Å²) in [5, 5.41) is 12.6. The van der Waals surface area contributed by atoms with Gasteiger partial charge in [-0.15, -0.1) is 0 Å². The fourth-order valence-electron chi connectivity index (χ4n) is 2.21. The maximum absolute atomic E-state index is 9.22. The molecule has 0 saturated carbocycles. The Morgan fingerprint density at radius 3 is 2.87 bits per heavy atom. The van der Waals surface area contributed by atoms with E-state index in [9.17, 15) is 5.11 Å². The molecule has 82 valence electrons. The van der Waals surface area contributed by atoms with Crippen LogP contribution >= 0.6 is 0 Å². The molecule has 0 radical (unpaired) electrons. The summed E-state index contributed by atoms with van der Waals surface area (Å²) in [6.07, 6.45) is 3.20. The molecule has 1 aromatic carbocycles. The van der Waals surface area contributed by atoms with E-state index in [4.69, 9.17) is 0 Å². The lowest BCUT2D eigenvalue weighted by molar-refractivity contribution is 0.184. The number of rotatable bonds is 3. The molecular formula is C13H19NO. The van der Waals surface area contributed by atoms with Crippen LogP contribution in [0.2, 0.25) is 0 Å². The highest BCUT2D eigenvalue weighted by atomic mass is 16.3. The van der Waals surface area contributed by atoms with Gasteiger partial charge in [-0.2, -0.15) is 0 Å². The van der Waals surface area contributed by atoms with Gasteiger partial charge in [0.25, 0.3) is 0 Å². The Morgan fingerprint density at radius 2 is 2.13 bits per heavy atom. The van der Waals surface area contributed by atoms with E-state index in [1.165, 1.54) is 17.5 Å². The van der Waals surface area contributed by atoms with Gasteiger partial charge in [-0.05, 0) is 37.3 Å². The fraction of sp³-hybridized carbons (Fsp3) is 0.538. The molecule has 2 unspecified atom stereocenters. The molecular weight excluding hydrogens is 186 g/mol. The predicted molar refractivity (Wildman–Crippen MR) is 61.9 cm³/mol. The van der Waals surface area contributed by atoms with Gasteiger partial charge in [-0.25, -0.2) is 0 Å². The van der Waals surface area contributed by atoms with Gasteiger partial charge in [0.15, 0.2) is 0 Å². The standard InChI is InChI=1S/C13H19NO/c1-10(15)9-14-13-7-6-11-4-2-3-5-12(11)8-13/h2-5,10,13-15H,6-9H2,1H3. The summed E-state index contributed by atoms with van der Waals surface area (Å²) >= 11 is 0. The Hall–Kier alpha value is -0.860. The molecule has 0 bridgehead atoms. The normalized spacial score (nSPS) is 22.1. The van der Waals surface area contributed by atoms with Gasteiger partial charge in [-0.3, -0.25) is 0 Å². The van der Waals surface area contributed by atoms with Crippen molar-refractivity contribution in [2.45, 2.75) is 38.3 Å². The molecule has 0 spiro atoms. The lowest BCUT2D eigenvalue weighted by Crippen LogP contribution is -2.38. The van der Waals surface area contributed by atoms with Crippen molar-refractivity contribution in [3.8, 4) is 0 Å². The summed E-state index contributed by atoms with van der Waals surface area (Å²) in [4.78, 5) is 0. The topological polar surface area (TPSA) is 32.3 Å². The Labute approximate surface area is 91.3 Å². The van der Waals surface area contributed by atoms with Crippen LogP contribution < -0.4 is 5.32 Å². The third-order valence-corrected chi connectivity index (χ3v) is 3.05. The number of nitrogens with one attached hydrogen (secondary N) is 1. The van der Waals surface area contributed by atoms with Gasteiger partial charge < -0.3 is 10.4 Å². The minimum atomic E-state index is -0.248. The maximum atomic E-state index is 9.22. The van der Waals surface area contributed by atoms with Gasteiger partial charge in [-0.1, -0.05) is 24.3 Å². The highest BCUT2D eigenvalue weighted by molar-refractivity contribution is 5.30. The van der Waals surface area contributed by atoms with Crippen molar-refractivity contribution in [1.29, 1.82) is 0 Å². The molecule has 2 nitrogen and oxygen atoms in total. The predicted octanol–water partition coefficient (Wildman–Crippen LogP) is 1.51. The average molecular weight is 205 g/mol. The molecule has 1 aliphatic carbocycles. The third-order valence-electron chi connectivity index (χ3n) is 3.05. The first-order chi connectivity index (χ1) is 7.25. The second kappa shape index (κ2) is 4.77. The number of hydrogen-bond donors (Lipinski definition) is 2. The summed E-state index contributed by atoms with van der Waals surface area (Å²) in [5.41, 5.74) is 2.96. The van der Waals surface area contributed by atoms with Crippen LogP contribution in [0, 0.1) is 0 Å². The van der Waals surface area contributed by atoms with Crippen molar-refractivity contribution in [2.24, 2.45) is 0 Å². The molecule has 0 heterocycles. The van der Waals surface area contributed by atoms with E-state index in [1.54, 1.807) is 0 Å². The van der Waals surface area contributed by atoms with E-state index in [2.05, 4.69) is 29.6 Å². The molecule has 0 aromatic heterocycles. The van der Waals surface area contributed by atoms with Gasteiger partial charge in [0.1, 0.15) is 0 Å². The monoisotopic (exact) mass is 205 g/mol. The van der Waals surface area contributed by atoms with Crippen LogP contribution in [0.4, 0.5) is 0 Å². The zero-order valence-electron chi connectivity index (χ0n) is 9.24. The zero-order valence-corrected chi connectivity index (χ0v) is 9.24. The largest absolute Gasteiger partial charge is 0.392 e. The molecule has 0 amide bonds. The van der Waals surface area contributed by atoms with Crippen molar-refractivity contribution in [1.82, 2.24) is 5.32 Å². The fourth-order valence-corrected chi connectivity index (χ4v) is 2.21. The molecule has 15 heavy (non-hydrogen) atoms. The first kappa shape index (κ1) is 10.7. The third kappa shape index (κ3) is 2.80. The quantitative estimate of drug-likeness (QED) is 0.784. The molecule has 0 fully saturated rings. The lowest BCUT2D eigenvalue weighted by Gasteiger charge is -2.26. The lowest BCUT2D eigenvalue weighted by atomic mass is 9.88. The Balaban J connectivity index is 1.94. The SMILES string of the molecule is CC(O)CNC1CCc2ccccc2C1. The van der Waals surface area contributed by atoms with Gasteiger partial charge in [0.05, 0.1) is 6.10 Å². The summed E-state index contributed by atoms with van der Waals surface area (Å²) in [6.45, 7) is 2.52. The average Bonchev–Trinajstić information content (AvgIpc) is 2.26. The molecule has 2 rings (SSSR count). The van der Waals surface area contributed by atoms with Crippen LogP contribution in [0.5, 0.6) is 0 Å². The molecule has 1 aromatic rings. The van der Waals surface area contributed by atoms with Crippen LogP contribution in [0.15, 0.2) is 24.3 Å². The number of benzene rings is 1. The van der Waals surface area contributed by atoms with Crippen LogP contribution in [-0.4, -0.2) is 23.8 Å².